The minimum absolute atomic E-state index is 0. The summed E-state index contributed by atoms with van der Waals surface area (Å²) >= 11 is 0. The topological polar surface area (TPSA) is 34.4 Å². The van der Waals surface area contributed by atoms with Crippen LogP contribution in [0.2, 0.25) is 0 Å². The van der Waals surface area contributed by atoms with E-state index in [9.17, 15) is 13.2 Å². The fraction of sp³-hybridized carbons (Fsp3) is 0.238. The molecule has 0 saturated heterocycles. The van der Waals surface area contributed by atoms with Crippen molar-refractivity contribution in [2.45, 2.75) is 19.1 Å². The van der Waals surface area contributed by atoms with Crippen molar-refractivity contribution in [1.82, 2.24) is 5.32 Å². The monoisotopic (exact) mass is 411 g/mol. The number of ether oxygens (including phenoxy) is 1. The van der Waals surface area contributed by atoms with Crippen molar-refractivity contribution in [2.24, 2.45) is 0 Å². The molecule has 2 aromatic carbocycles. The Morgan fingerprint density at radius 3 is 2.54 bits per heavy atom. The molecule has 1 N–H and O–H groups in total. The third-order valence-corrected chi connectivity index (χ3v) is 4.20. The zero-order chi connectivity index (χ0) is 19.3. The predicted octanol–water partition coefficient (Wildman–Crippen LogP) is 5.73. The third kappa shape index (κ3) is 5.53. The van der Waals surface area contributed by atoms with Crippen LogP contribution >= 0.6 is 12.4 Å². The maximum absolute atomic E-state index is 12.8. The minimum atomic E-state index is -4.37. The number of hydrogen-bond acceptors (Lipinski definition) is 3. The smallest absolute Gasteiger partial charge is 0.416 e. The molecule has 0 spiro atoms. The molecule has 0 aliphatic heterocycles. The first-order valence-corrected chi connectivity index (χ1v) is 8.56. The molecule has 0 amide bonds. The summed E-state index contributed by atoms with van der Waals surface area (Å²) in [5, 5.41) is 3.27. The Morgan fingerprint density at radius 1 is 1.00 bits per heavy atom. The van der Waals surface area contributed by atoms with Gasteiger partial charge in [0.15, 0.2) is 0 Å². The van der Waals surface area contributed by atoms with Crippen LogP contribution in [0.15, 0.2) is 65.1 Å². The van der Waals surface area contributed by atoms with E-state index in [0.29, 0.717) is 23.6 Å². The molecule has 0 radical (unpaired) electrons. The lowest BCUT2D eigenvalue weighted by Crippen LogP contribution is -2.16. The Labute approximate surface area is 167 Å². The van der Waals surface area contributed by atoms with Gasteiger partial charge in [0.25, 0.3) is 0 Å². The van der Waals surface area contributed by atoms with Crippen molar-refractivity contribution >= 4 is 12.4 Å². The lowest BCUT2D eigenvalue weighted by molar-refractivity contribution is -0.137. The highest BCUT2D eigenvalue weighted by Gasteiger charge is 2.30. The summed E-state index contributed by atoms with van der Waals surface area (Å²) in [7, 11) is 1.64. The first kappa shape index (κ1) is 21.9. The molecular weight excluding hydrogens is 391 g/mol. The lowest BCUT2D eigenvalue weighted by Gasteiger charge is -2.08. The largest absolute Gasteiger partial charge is 0.496 e. The highest BCUT2D eigenvalue weighted by molar-refractivity contribution is 5.85. The van der Waals surface area contributed by atoms with E-state index in [1.807, 2.05) is 24.3 Å². The SMILES string of the molecule is COc1ccccc1CCNCc1ccc(-c2cccc(C(F)(F)F)c2)o1.Cl. The quantitative estimate of drug-likeness (QED) is 0.504. The van der Waals surface area contributed by atoms with Crippen LogP contribution in [0, 0.1) is 0 Å². The van der Waals surface area contributed by atoms with Gasteiger partial charge in [0.05, 0.1) is 19.2 Å². The number of hydrogen-bond donors (Lipinski definition) is 1. The van der Waals surface area contributed by atoms with Gasteiger partial charge in [-0.1, -0.05) is 30.3 Å². The molecule has 3 aromatic rings. The molecule has 3 nitrogen and oxygen atoms in total. The maximum Gasteiger partial charge on any atom is 0.416 e. The average Bonchev–Trinajstić information content (AvgIpc) is 3.14. The summed E-state index contributed by atoms with van der Waals surface area (Å²) in [5.41, 5.74) is 0.828. The van der Waals surface area contributed by atoms with E-state index in [0.717, 1.165) is 36.4 Å². The molecule has 28 heavy (non-hydrogen) atoms. The number of methoxy groups -OCH3 is 1. The van der Waals surface area contributed by atoms with E-state index in [2.05, 4.69) is 5.32 Å². The number of furan rings is 1. The second kappa shape index (κ2) is 9.66. The van der Waals surface area contributed by atoms with Gasteiger partial charge < -0.3 is 14.5 Å². The van der Waals surface area contributed by atoms with E-state index < -0.39 is 11.7 Å². The molecule has 0 aliphatic rings. The van der Waals surface area contributed by atoms with Crippen molar-refractivity contribution < 1.29 is 22.3 Å². The fourth-order valence-corrected chi connectivity index (χ4v) is 2.82. The summed E-state index contributed by atoms with van der Waals surface area (Å²) in [6, 6.07) is 16.4. The fourth-order valence-electron chi connectivity index (χ4n) is 2.82. The van der Waals surface area contributed by atoms with Crippen molar-refractivity contribution in [3.63, 3.8) is 0 Å². The van der Waals surface area contributed by atoms with Crippen molar-refractivity contribution in [3.05, 3.63) is 77.6 Å². The Hall–Kier alpha value is -2.44. The van der Waals surface area contributed by atoms with Gasteiger partial charge in [0, 0.05) is 5.56 Å². The molecule has 0 atom stereocenters. The first-order chi connectivity index (χ1) is 13.0. The summed E-state index contributed by atoms with van der Waals surface area (Å²) in [4.78, 5) is 0. The van der Waals surface area contributed by atoms with E-state index >= 15 is 0 Å². The van der Waals surface area contributed by atoms with E-state index in [4.69, 9.17) is 9.15 Å². The van der Waals surface area contributed by atoms with Gasteiger partial charge in [-0.15, -0.1) is 12.4 Å². The number of alkyl halides is 3. The summed E-state index contributed by atoms with van der Waals surface area (Å²) in [6.07, 6.45) is -3.57. The molecule has 7 heteroatoms. The van der Waals surface area contributed by atoms with Crippen molar-refractivity contribution in [1.29, 1.82) is 0 Å². The molecule has 0 unspecified atom stereocenters. The van der Waals surface area contributed by atoms with Crippen LogP contribution < -0.4 is 10.1 Å². The summed E-state index contributed by atoms with van der Waals surface area (Å²) in [5.74, 6) is 1.94. The molecule has 3 rings (SSSR count). The molecule has 0 aliphatic carbocycles. The van der Waals surface area contributed by atoms with Gasteiger partial charge in [0.2, 0.25) is 0 Å². The predicted molar refractivity (Wildman–Crippen MR) is 105 cm³/mol. The normalized spacial score (nSPS) is 11.1. The molecule has 0 saturated carbocycles. The summed E-state index contributed by atoms with van der Waals surface area (Å²) in [6.45, 7) is 1.22. The molecule has 150 valence electrons. The van der Waals surface area contributed by atoms with Crippen LogP contribution in [-0.4, -0.2) is 13.7 Å². The Morgan fingerprint density at radius 2 is 1.79 bits per heavy atom. The van der Waals surface area contributed by atoms with Gasteiger partial charge in [-0.2, -0.15) is 13.2 Å². The van der Waals surface area contributed by atoms with Crippen LogP contribution in [0.25, 0.3) is 11.3 Å². The molecule has 1 aromatic heterocycles. The zero-order valence-corrected chi connectivity index (χ0v) is 16.1. The number of rotatable bonds is 7. The highest BCUT2D eigenvalue weighted by atomic mass is 35.5. The van der Waals surface area contributed by atoms with Gasteiger partial charge in [0.1, 0.15) is 17.3 Å². The molecule has 0 bridgehead atoms. The van der Waals surface area contributed by atoms with Crippen LogP contribution in [-0.2, 0) is 19.1 Å². The van der Waals surface area contributed by atoms with Crippen LogP contribution in [0.3, 0.4) is 0 Å². The van der Waals surface area contributed by atoms with Gasteiger partial charge in [-0.05, 0) is 48.9 Å². The second-order valence-corrected chi connectivity index (χ2v) is 6.08. The first-order valence-electron chi connectivity index (χ1n) is 8.56. The highest BCUT2D eigenvalue weighted by Crippen LogP contribution is 2.32. The Balaban J connectivity index is 0.00000280. The number of benzene rings is 2. The number of nitrogens with one attached hydrogen (secondary N) is 1. The number of para-hydroxylation sites is 1. The summed E-state index contributed by atoms with van der Waals surface area (Å²) < 4.78 is 49.5. The van der Waals surface area contributed by atoms with E-state index in [-0.39, 0.29) is 12.4 Å². The van der Waals surface area contributed by atoms with E-state index in [1.54, 1.807) is 25.3 Å². The Bertz CT molecular complexity index is 893. The average molecular weight is 412 g/mol. The maximum atomic E-state index is 12.8. The number of halogens is 4. The molecule has 0 fully saturated rings. The molecular formula is C21H21ClF3NO2. The third-order valence-electron chi connectivity index (χ3n) is 4.20. The van der Waals surface area contributed by atoms with Crippen molar-refractivity contribution in [2.75, 3.05) is 13.7 Å². The molecule has 1 heterocycles. The van der Waals surface area contributed by atoms with Crippen LogP contribution in [0.1, 0.15) is 16.9 Å². The zero-order valence-electron chi connectivity index (χ0n) is 15.3. The Kier molecular flexibility index (Phi) is 7.54. The second-order valence-electron chi connectivity index (χ2n) is 6.08. The van der Waals surface area contributed by atoms with Gasteiger partial charge >= 0.3 is 6.18 Å². The lowest BCUT2D eigenvalue weighted by atomic mass is 10.1. The van der Waals surface area contributed by atoms with Gasteiger partial charge in [-0.25, -0.2) is 0 Å². The van der Waals surface area contributed by atoms with Crippen LogP contribution in [0.4, 0.5) is 13.2 Å². The standard InChI is InChI=1S/C21H20F3NO2.ClH/c1-26-19-8-3-2-5-15(19)11-12-25-14-18-9-10-20(27-18)16-6-4-7-17(13-16)21(22,23)24;/h2-10,13,25H,11-12,14H2,1H3;1H. The minimum Gasteiger partial charge on any atom is -0.496 e. The van der Waals surface area contributed by atoms with Gasteiger partial charge in [-0.3, -0.25) is 0 Å². The van der Waals surface area contributed by atoms with Crippen LogP contribution in [0.5, 0.6) is 5.75 Å². The van der Waals surface area contributed by atoms with E-state index in [1.165, 1.54) is 6.07 Å². The van der Waals surface area contributed by atoms with Crippen molar-refractivity contribution in [3.8, 4) is 17.1 Å².